The summed E-state index contributed by atoms with van der Waals surface area (Å²) in [5.41, 5.74) is 6.77. The lowest BCUT2D eigenvalue weighted by Crippen LogP contribution is -2.13. The van der Waals surface area contributed by atoms with E-state index in [-0.39, 0.29) is 12.3 Å². The molecule has 0 bridgehead atoms. The topological polar surface area (TPSA) is 68.0 Å². The van der Waals surface area contributed by atoms with E-state index in [4.69, 9.17) is 5.73 Å². The second-order valence-corrected chi connectivity index (χ2v) is 4.14. The molecule has 0 radical (unpaired) electrons. The van der Waals surface area contributed by atoms with Crippen LogP contribution >= 0.6 is 11.3 Å². The van der Waals surface area contributed by atoms with E-state index in [1.807, 2.05) is 35.7 Å². The van der Waals surface area contributed by atoms with Crippen molar-refractivity contribution in [1.29, 1.82) is 0 Å². The van der Waals surface area contributed by atoms with Crippen LogP contribution in [0.3, 0.4) is 0 Å². The lowest BCUT2D eigenvalue weighted by Gasteiger charge is -2.00. The van der Waals surface area contributed by atoms with Gasteiger partial charge in [0.25, 0.3) is 0 Å². The van der Waals surface area contributed by atoms with Gasteiger partial charge in [0, 0.05) is 11.1 Å². The number of benzene rings is 1. The number of rotatable bonds is 4. The Labute approximate surface area is 97.1 Å². The summed E-state index contributed by atoms with van der Waals surface area (Å²) >= 11 is 1.46. The maximum absolute atomic E-state index is 10.7. The average molecular weight is 233 g/mol. The van der Waals surface area contributed by atoms with Crippen LogP contribution < -0.4 is 11.1 Å². The number of anilines is 2. The monoisotopic (exact) mass is 233 g/mol. The molecule has 5 heteroatoms. The normalized spacial score (nSPS) is 10.0. The van der Waals surface area contributed by atoms with E-state index in [2.05, 4.69) is 10.3 Å². The van der Waals surface area contributed by atoms with Crippen LogP contribution in [0.25, 0.3) is 0 Å². The highest BCUT2D eigenvalue weighted by Gasteiger charge is 2.04. The van der Waals surface area contributed by atoms with Crippen LogP contribution in [-0.4, -0.2) is 10.9 Å². The number of para-hydroxylation sites is 1. The van der Waals surface area contributed by atoms with Gasteiger partial charge in [0.05, 0.1) is 12.1 Å². The number of primary amides is 1. The molecule has 2 aromatic rings. The highest BCUT2D eigenvalue weighted by molar-refractivity contribution is 7.13. The van der Waals surface area contributed by atoms with Crippen molar-refractivity contribution in [3.8, 4) is 0 Å². The molecule has 4 nitrogen and oxygen atoms in total. The van der Waals surface area contributed by atoms with Crippen molar-refractivity contribution in [3.05, 3.63) is 41.4 Å². The summed E-state index contributed by atoms with van der Waals surface area (Å²) in [5, 5.41) is 5.75. The van der Waals surface area contributed by atoms with Crippen molar-refractivity contribution in [2.75, 3.05) is 5.32 Å². The van der Waals surface area contributed by atoms with Crippen LogP contribution in [0.1, 0.15) is 5.69 Å². The zero-order chi connectivity index (χ0) is 11.4. The van der Waals surface area contributed by atoms with Crippen molar-refractivity contribution >= 4 is 28.1 Å². The van der Waals surface area contributed by atoms with E-state index >= 15 is 0 Å². The number of nitrogens with one attached hydrogen (secondary N) is 1. The largest absolute Gasteiger partial charge is 0.369 e. The molecule has 0 atom stereocenters. The van der Waals surface area contributed by atoms with Crippen LogP contribution in [0.5, 0.6) is 0 Å². The summed E-state index contributed by atoms with van der Waals surface area (Å²) in [7, 11) is 0. The van der Waals surface area contributed by atoms with Gasteiger partial charge in [0.1, 0.15) is 0 Å². The number of carbonyl (C=O) groups excluding carboxylic acids is 1. The van der Waals surface area contributed by atoms with Gasteiger partial charge in [-0.15, -0.1) is 11.3 Å². The van der Waals surface area contributed by atoms with Gasteiger partial charge < -0.3 is 11.1 Å². The Hall–Kier alpha value is -1.88. The number of amides is 1. The molecule has 82 valence electrons. The summed E-state index contributed by atoms with van der Waals surface area (Å²) in [6.45, 7) is 0. The van der Waals surface area contributed by atoms with Gasteiger partial charge in [-0.2, -0.15) is 0 Å². The number of thiazole rings is 1. The van der Waals surface area contributed by atoms with Gasteiger partial charge in [-0.25, -0.2) is 4.98 Å². The minimum absolute atomic E-state index is 0.187. The number of aromatic nitrogens is 1. The van der Waals surface area contributed by atoms with E-state index in [0.717, 1.165) is 10.8 Å². The van der Waals surface area contributed by atoms with E-state index in [1.165, 1.54) is 11.3 Å². The second kappa shape index (κ2) is 4.76. The van der Waals surface area contributed by atoms with Crippen LogP contribution in [0, 0.1) is 0 Å². The third-order valence-corrected chi connectivity index (χ3v) is 2.74. The van der Waals surface area contributed by atoms with Gasteiger partial charge in [0.2, 0.25) is 5.91 Å². The minimum atomic E-state index is -0.364. The van der Waals surface area contributed by atoms with Crippen LogP contribution in [0.2, 0.25) is 0 Å². The number of nitrogens with two attached hydrogens (primary N) is 1. The van der Waals surface area contributed by atoms with Crippen molar-refractivity contribution in [2.24, 2.45) is 5.73 Å². The molecule has 0 saturated heterocycles. The van der Waals surface area contributed by atoms with Crippen LogP contribution in [0.4, 0.5) is 10.8 Å². The molecule has 0 spiro atoms. The molecule has 0 saturated carbocycles. The molecule has 1 aromatic carbocycles. The highest BCUT2D eigenvalue weighted by atomic mass is 32.1. The molecule has 0 aliphatic heterocycles. The number of hydrogen-bond acceptors (Lipinski definition) is 4. The summed E-state index contributed by atoms with van der Waals surface area (Å²) in [5.74, 6) is -0.364. The molecule has 2 rings (SSSR count). The van der Waals surface area contributed by atoms with Crippen molar-refractivity contribution < 1.29 is 4.79 Å². The van der Waals surface area contributed by atoms with Gasteiger partial charge in [0.15, 0.2) is 5.13 Å². The zero-order valence-electron chi connectivity index (χ0n) is 8.51. The quantitative estimate of drug-likeness (QED) is 0.847. The van der Waals surface area contributed by atoms with Crippen LogP contribution in [-0.2, 0) is 11.2 Å². The fraction of sp³-hybridized carbons (Fsp3) is 0.0909. The Balaban J connectivity index is 2.06. The average Bonchev–Trinajstić information content (AvgIpc) is 2.66. The maximum atomic E-state index is 10.7. The molecule has 0 aliphatic carbocycles. The van der Waals surface area contributed by atoms with E-state index in [0.29, 0.717) is 5.69 Å². The van der Waals surface area contributed by atoms with Crippen molar-refractivity contribution in [2.45, 2.75) is 6.42 Å². The van der Waals surface area contributed by atoms with Crippen molar-refractivity contribution in [1.82, 2.24) is 4.98 Å². The summed E-state index contributed by atoms with van der Waals surface area (Å²) < 4.78 is 0. The van der Waals surface area contributed by atoms with E-state index in [9.17, 15) is 4.79 Å². The third kappa shape index (κ3) is 2.80. The molecule has 16 heavy (non-hydrogen) atoms. The second-order valence-electron chi connectivity index (χ2n) is 3.28. The van der Waals surface area contributed by atoms with Gasteiger partial charge in [-0.05, 0) is 12.1 Å². The molecular weight excluding hydrogens is 222 g/mol. The molecule has 0 unspecified atom stereocenters. The lowest BCUT2D eigenvalue weighted by molar-refractivity contribution is -0.117. The minimum Gasteiger partial charge on any atom is -0.369 e. The predicted octanol–water partition coefficient (Wildman–Crippen LogP) is 1.91. The Bertz CT molecular complexity index is 481. The van der Waals surface area contributed by atoms with Gasteiger partial charge in [-0.3, -0.25) is 4.79 Å². The Kier molecular flexibility index (Phi) is 3.16. The Morgan fingerprint density at radius 3 is 2.81 bits per heavy atom. The molecule has 1 heterocycles. The SMILES string of the molecule is NC(=O)Cc1csc(Nc2ccccc2)n1. The number of hydrogen-bond donors (Lipinski definition) is 2. The van der Waals surface area contributed by atoms with Gasteiger partial charge in [-0.1, -0.05) is 18.2 Å². The van der Waals surface area contributed by atoms with E-state index < -0.39 is 0 Å². The first-order valence-corrected chi connectivity index (χ1v) is 5.67. The molecule has 3 N–H and O–H groups in total. The molecule has 0 aliphatic rings. The fourth-order valence-electron chi connectivity index (χ4n) is 1.27. The molecule has 1 aromatic heterocycles. The van der Waals surface area contributed by atoms with Crippen molar-refractivity contribution in [3.63, 3.8) is 0 Å². The first kappa shape index (κ1) is 10.6. The fourth-order valence-corrected chi connectivity index (χ4v) is 2.00. The van der Waals surface area contributed by atoms with Crippen LogP contribution in [0.15, 0.2) is 35.7 Å². The third-order valence-electron chi connectivity index (χ3n) is 1.93. The first-order valence-electron chi connectivity index (χ1n) is 4.79. The lowest BCUT2D eigenvalue weighted by atomic mass is 10.3. The smallest absolute Gasteiger partial charge is 0.223 e. The first-order chi connectivity index (χ1) is 7.74. The van der Waals surface area contributed by atoms with Gasteiger partial charge >= 0.3 is 0 Å². The molecule has 0 fully saturated rings. The molecule has 1 amide bonds. The Morgan fingerprint density at radius 2 is 2.12 bits per heavy atom. The number of carbonyl (C=O) groups is 1. The zero-order valence-corrected chi connectivity index (χ0v) is 9.33. The predicted molar refractivity (Wildman–Crippen MR) is 64.7 cm³/mol. The van der Waals surface area contributed by atoms with E-state index in [1.54, 1.807) is 0 Å². The summed E-state index contributed by atoms with van der Waals surface area (Å²) in [6, 6.07) is 9.75. The number of nitrogens with zero attached hydrogens (tertiary/aromatic N) is 1. The summed E-state index contributed by atoms with van der Waals surface area (Å²) in [4.78, 5) is 15.0. The maximum Gasteiger partial charge on any atom is 0.223 e. The molecular formula is C11H11N3OS. The standard InChI is InChI=1S/C11H11N3OS/c12-10(15)6-9-7-16-11(14-9)13-8-4-2-1-3-5-8/h1-5,7H,6H2,(H2,12,15)(H,13,14). The Morgan fingerprint density at radius 1 is 1.38 bits per heavy atom. The summed E-state index contributed by atoms with van der Waals surface area (Å²) in [6.07, 6.45) is 0.187. The highest BCUT2D eigenvalue weighted by Crippen LogP contribution is 2.20.